The van der Waals surface area contributed by atoms with Gasteiger partial charge in [-0.05, 0) is 165 Å². The maximum atomic E-state index is 13.6. The van der Waals surface area contributed by atoms with E-state index in [0.29, 0.717) is 36.0 Å². The zero-order valence-electron chi connectivity index (χ0n) is 40.8. The van der Waals surface area contributed by atoms with Crippen molar-refractivity contribution in [2.45, 2.75) is 203 Å². The minimum atomic E-state index is -4.68. The molecule has 0 radical (unpaired) electrons. The first-order valence-corrected chi connectivity index (χ1v) is 26.8. The summed E-state index contributed by atoms with van der Waals surface area (Å²) in [7, 11) is -4.68. The second kappa shape index (κ2) is 20.8. The summed E-state index contributed by atoms with van der Waals surface area (Å²) < 4.78 is 37.3. The van der Waals surface area contributed by atoms with Crippen molar-refractivity contribution >= 4 is 19.8 Å². The van der Waals surface area contributed by atoms with Gasteiger partial charge in [-0.1, -0.05) is 100 Å². The van der Waals surface area contributed by atoms with E-state index < -0.39 is 26.0 Å². The first kappa shape index (κ1) is 50.9. The van der Waals surface area contributed by atoms with Gasteiger partial charge in [-0.15, -0.1) is 0 Å². The minimum Gasteiger partial charge on any atom is -0.756 e. The van der Waals surface area contributed by atoms with Crippen LogP contribution in [0.1, 0.15) is 178 Å². The van der Waals surface area contributed by atoms with Gasteiger partial charge < -0.3 is 23.4 Å². The van der Waals surface area contributed by atoms with Crippen molar-refractivity contribution in [1.82, 2.24) is 0 Å². The molecule has 8 nitrogen and oxygen atoms in total. The van der Waals surface area contributed by atoms with Crippen LogP contribution < -0.4 is 34.5 Å². The third-order valence-corrected chi connectivity index (χ3v) is 20.2. The Morgan fingerprint density at radius 2 is 1.61 bits per heavy atom. The molecule has 0 aromatic heterocycles. The SMILES string of the molecule is CC[C@H](C)C(=O)O[C@H]1C[C@@H](C)C=C2C=C[C@H](C)[C@H](CC[C@@H]3CC(OP(=O)([O-])OC4CC[C@@]5(C)[C@@H](CC[C@@H]6[C@@H]5CC[C@]5(C)C([C@H](C)CC[C@@H](C)C(C)C)CC[C@@H]65)C4)CC(=O)O3)[C@H]21.[Na+]. The van der Waals surface area contributed by atoms with Gasteiger partial charge in [0.25, 0.3) is 7.82 Å². The molecule has 0 aromatic carbocycles. The Bertz CT molecular complexity index is 1660. The van der Waals surface area contributed by atoms with Crippen molar-refractivity contribution in [3.63, 3.8) is 0 Å². The predicted molar refractivity (Wildman–Crippen MR) is 240 cm³/mol. The van der Waals surface area contributed by atoms with Crippen LogP contribution in [0.15, 0.2) is 23.8 Å². The van der Waals surface area contributed by atoms with E-state index in [2.05, 4.69) is 73.6 Å². The number of hydrogen-bond donors (Lipinski definition) is 0. The Morgan fingerprint density at radius 3 is 2.34 bits per heavy atom. The van der Waals surface area contributed by atoms with E-state index in [4.69, 9.17) is 18.5 Å². The molecule has 1 saturated heterocycles. The normalized spacial score (nSPS) is 42.7. The van der Waals surface area contributed by atoms with Crippen LogP contribution >= 0.6 is 7.82 Å². The number of phosphoric ester groups is 1. The summed E-state index contributed by atoms with van der Waals surface area (Å²) in [5.41, 5.74) is 1.90. The van der Waals surface area contributed by atoms with Crippen LogP contribution in [0.3, 0.4) is 0 Å². The molecule has 6 aliphatic carbocycles. The molecule has 7 aliphatic rings. The third-order valence-electron chi connectivity index (χ3n) is 19.1. The maximum absolute atomic E-state index is 13.6. The van der Waals surface area contributed by atoms with E-state index in [-0.39, 0.29) is 83.2 Å². The second-order valence-corrected chi connectivity index (χ2v) is 24.4. The number of rotatable bonds is 15. The van der Waals surface area contributed by atoms with Crippen LogP contribution in [-0.4, -0.2) is 36.4 Å². The number of esters is 2. The Hall–Kier alpha value is -0.470. The first-order chi connectivity index (χ1) is 28.8. The van der Waals surface area contributed by atoms with Gasteiger partial charge in [0, 0.05) is 12.3 Å². The molecule has 1 aliphatic heterocycles. The Labute approximate surface area is 398 Å². The van der Waals surface area contributed by atoms with Gasteiger partial charge in [-0.3, -0.25) is 14.2 Å². The summed E-state index contributed by atoms with van der Waals surface area (Å²) in [4.78, 5) is 39.5. The second-order valence-electron chi connectivity index (χ2n) is 23.0. The smallest absolute Gasteiger partial charge is 0.756 e. The van der Waals surface area contributed by atoms with Crippen LogP contribution in [0.4, 0.5) is 0 Å². The third kappa shape index (κ3) is 10.9. The van der Waals surface area contributed by atoms with Gasteiger partial charge in [0.15, 0.2) is 0 Å². The average Bonchev–Trinajstić information content (AvgIpc) is 3.56. The molecule has 0 aromatic rings. The van der Waals surface area contributed by atoms with Crippen molar-refractivity contribution in [3.05, 3.63) is 23.8 Å². The number of carbonyl (C=O) groups excluding carboxylic acids is 2. The molecule has 19 atom stereocenters. The minimum absolute atomic E-state index is 0. The first-order valence-electron chi connectivity index (χ1n) is 25.3. The molecule has 0 N–H and O–H groups in total. The van der Waals surface area contributed by atoms with E-state index in [1.54, 1.807) is 0 Å². The molecule has 4 unspecified atom stereocenters. The van der Waals surface area contributed by atoms with Gasteiger partial charge >= 0.3 is 41.5 Å². The zero-order valence-corrected chi connectivity index (χ0v) is 43.7. The van der Waals surface area contributed by atoms with Crippen LogP contribution in [0, 0.1) is 87.8 Å². The number of allylic oxidation sites excluding steroid dienone is 3. The fourth-order valence-electron chi connectivity index (χ4n) is 14.9. The maximum Gasteiger partial charge on any atom is 1.00 e. The van der Waals surface area contributed by atoms with E-state index in [1.165, 1.54) is 50.5 Å². The standard InChI is InChI=1S/C52H85O8P.Na/c1-11-33(5)50(54)58-47-27-32(4)26-37-15-14-35(7)42(49(37)47)19-17-39-29-41(30-48(53)57-39)60-61(55,56)59-40-22-24-51(9)38(28-40)16-18-43-45-21-20-44(52(45,10)25-23-46(43)51)36(8)13-12-34(6)31(2)3;/h14-15,26,31-36,38-47,49H,11-13,16-25,27-30H2,1-10H3,(H,55,56);/q;+1/p-1/t32-,33-,34+,35-,36+,38-,39+,40?,41?,42-,43-,44?,45-,46-,47-,49-,51-,52+;/m0./s1. The van der Waals surface area contributed by atoms with E-state index in [0.717, 1.165) is 80.5 Å². The molecule has 10 heteroatoms. The molecule has 0 bridgehead atoms. The molecule has 1 heterocycles. The Morgan fingerprint density at radius 1 is 0.903 bits per heavy atom. The Balaban J connectivity index is 0.00000641. The summed E-state index contributed by atoms with van der Waals surface area (Å²) in [6.07, 6.45) is 21.1. The van der Waals surface area contributed by atoms with Crippen LogP contribution in [0.2, 0.25) is 0 Å². The molecule has 346 valence electrons. The summed E-state index contributed by atoms with van der Waals surface area (Å²) in [6.45, 7) is 23.2. The molecular weight excluding hydrogens is 807 g/mol. The van der Waals surface area contributed by atoms with Crippen molar-refractivity contribution in [2.24, 2.45) is 87.8 Å². The number of carbonyl (C=O) groups is 2. The molecule has 0 amide bonds. The number of phosphoric acid groups is 1. The summed E-state index contributed by atoms with van der Waals surface area (Å²) in [5.74, 6) is 6.08. The monoisotopic (exact) mass is 891 g/mol. The van der Waals surface area contributed by atoms with Crippen LogP contribution in [-0.2, 0) is 32.7 Å². The molecule has 5 fully saturated rings. The fraction of sp³-hybridized carbons (Fsp3) is 0.885. The number of hydrogen-bond acceptors (Lipinski definition) is 8. The van der Waals surface area contributed by atoms with Gasteiger partial charge in [0.05, 0.1) is 24.5 Å². The molecule has 62 heavy (non-hydrogen) atoms. The molecule has 7 rings (SSSR count). The molecular formula is C52H84NaO8P. The fourth-order valence-corrected chi connectivity index (χ4v) is 16.0. The Kier molecular flexibility index (Phi) is 17.1. The average molecular weight is 891 g/mol. The summed E-state index contributed by atoms with van der Waals surface area (Å²) in [5, 5.41) is 0. The van der Waals surface area contributed by atoms with E-state index in [9.17, 15) is 19.0 Å². The topological polar surface area (TPSA) is 111 Å². The quantitative estimate of drug-likeness (QED) is 0.0909. The van der Waals surface area contributed by atoms with Gasteiger partial charge in [0.1, 0.15) is 12.2 Å². The number of fused-ring (bicyclic) bond motifs is 6. The van der Waals surface area contributed by atoms with E-state index >= 15 is 0 Å². The van der Waals surface area contributed by atoms with Gasteiger partial charge in [0.2, 0.25) is 0 Å². The predicted octanol–water partition coefficient (Wildman–Crippen LogP) is 9.44. The van der Waals surface area contributed by atoms with E-state index in [1.807, 2.05) is 13.8 Å². The summed E-state index contributed by atoms with van der Waals surface area (Å²) >= 11 is 0. The summed E-state index contributed by atoms with van der Waals surface area (Å²) in [6, 6.07) is 0. The molecule has 4 saturated carbocycles. The number of ether oxygens (including phenoxy) is 2. The van der Waals surface area contributed by atoms with Gasteiger partial charge in [-0.25, -0.2) is 0 Å². The van der Waals surface area contributed by atoms with Crippen LogP contribution in [0.25, 0.3) is 0 Å². The van der Waals surface area contributed by atoms with Crippen LogP contribution in [0.5, 0.6) is 0 Å². The van der Waals surface area contributed by atoms with Crippen molar-refractivity contribution < 1.29 is 67.1 Å². The molecule has 0 spiro atoms. The largest absolute Gasteiger partial charge is 1.00 e. The van der Waals surface area contributed by atoms with Gasteiger partial charge in [-0.2, -0.15) is 0 Å². The van der Waals surface area contributed by atoms with Crippen molar-refractivity contribution in [1.29, 1.82) is 0 Å². The zero-order chi connectivity index (χ0) is 44.0. The van der Waals surface area contributed by atoms with Crippen molar-refractivity contribution in [2.75, 3.05) is 0 Å². The van der Waals surface area contributed by atoms with Crippen molar-refractivity contribution in [3.8, 4) is 0 Å². The number of cyclic esters (lactones) is 1.